The normalized spacial score (nSPS) is 23.2. The van der Waals surface area contributed by atoms with Crippen molar-refractivity contribution in [3.05, 3.63) is 23.4 Å². The molecule has 1 aromatic heterocycles. The number of aromatic nitrogens is 1. The van der Waals surface area contributed by atoms with Gasteiger partial charge in [-0.25, -0.2) is 4.98 Å². The first kappa shape index (κ1) is 14.8. The number of hydrogen-bond acceptors (Lipinski definition) is 4. The lowest BCUT2D eigenvalue weighted by molar-refractivity contribution is 0.122. The van der Waals surface area contributed by atoms with Crippen LogP contribution >= 0.6 is 0 Å². The highest BCUT2D eigenvalue weighted by molar-refractivity contribution is 5.25. The summed E-state index contributed by atoms with van der Waals surface area (Å²) < 4.78 is 5.92. The number of pyridine rings is 1. The van der Waals surface area contributed by atoms with Gasteiger partial charge in [0.2, 0.25) is 5.88 Å². The molecule has 0 amide bonds. The fourth-order valence-corrected chi connectivity index (χ4v) is 2.91. The van der Waals surface area contributed by atoms with Gasteiger partial charge in [0.15, 0.2) is 0 Å². The molecule has 2 heterocycles. The quantitative estimate of drug-likeness (QED) is 0.873. The van der Waals surface area contributed by atoms with Gasteiger partial charge in [0.1, 0.15) is 6.61 Å². The van der Waals surface area contributed by atoms with Crippen molar-refractivity contribution in [3.8, 4) is 5.88 Å². The van der Waals surface area contributed by atoms with E-state index in [1.807, 2.05) is 6.07 Å². The average Bonchev–Trinajstić information content (AvgIpc) is 3.30. The van der Waals surface area contributed by atoms with Crippen molar-refractivity contribution < 1.29 is 4.74 Å². The Labute approximate surface area is 127 Å². The van der Waals surface area contributed by atoms with Crippen LogP contribution in [0.15, 0.2) is 12.1 Å². The van der Waals surface area contributed by atoms with Crippen LogP contribution < -0.4 is 10.1 Å². The topological polar surface area (TPSA) is 37.4 Å². The highest BCUT2D eigenvalue weighted by Crippen LogP contribution is 2.21. The second-order valence-corrected chi connectivity index (χ2v) is 6.49. The van der Waals surface area contributed by atoms with Crippen LogP contribution in [0.5, 0.6) is 5.88 Å². The number of likely N-dealkylation sites (tertiary alicyclic amines) is 1. The molecule has 3 rings (SSSR count). The highest BCUT2D eigenvalue weighted by Gasteiger charge is 2.21. The van der Waals surface area contributed by atoms with E-state index in [1.165, 1.54) is 44.2 Å². The summed E-state index contributed by atoms with van der Waals surface area (Å²) in [4.78, 5) is 7.01. The van der Waals surface area contributed by atoms with Crippen LogP contribution in [0.25, 0.3) is 0 Å². The van der Waals surface area contributed by atoms with E-state index in [4.69, 9.17) is 4.74 Å². The maximum absolute atomic E-state index is 5.92. The lowest BCUT2D eigenvalue weighted by Gasteiger charge is -2.32. The third kappa shape index (κ3) is 4.17. The predicted molar refractivity (Wildman–Crippen MR) is 84.6 cm³/mol. The Morgan fingerprint density at radius 1 is 1.29 bits per heavy atom. The second kappa shape index (κ2) is 6.75. The SMILES string of the molecule is Cc1nc(OCC2CCCCN2C)ccc1CNC1CC1. The summed E-state index contributed by atoms with van der Waals surface area (Å²) in [6, 6.07) is 5.44. The summed E-state index contributed by atoms with van der Waals surface area (Å²) in [5, 5.41) is 3.54. The Bertz CT molecular complexity index is 473. The molecule has 21 heavy (non-hydrogen) atoms. The molecule has 1 atom stereocenters. The second-order valence-electron chi connectivity index (χ2n) is 6.49. The minimum Gasteiger partial charge on any atom is -0.476 e. The molecule has 1 saturated carbocycles. The molecule has 4 heteroatoms. The van der Waals surface area contributed by atoms with E-state index in [1.54, 1.807) is 0 Å². The third-order valence-corrected chi connectivity index (χ3v) is 4.67. The van der Waals surface area contributed by atoms with Crippen molar-refractivity contribution >= 4 is 0 Å². The van der Waals surface area contributed by atoms with Gasteiger partial charge in [0, 0.05) is 30.4 Å². The zero-order valence-corrected chi connectivity index (χ0v) is 13.3. The molecule has 1 unspecified atom stereocenters. The minimum atomic E-state index is 0.539. The van der Waals surface area contributed by atoms with E-state index in [-0.39, 0.29) is 0 Å². The highest BCUT2D eigenvalue weighted by atomic mass is 16.5. The molecule has 2 fully saturated rings. The van der Waals surface area contributed by atoms with Crippen molar-refractivity contribution in [2.24, 2.45) is 0 Å². The smallest absolute Gasteiger partial charge is 0.213 e. The predicted octanol–water partition coefficient (Wildman–Crippen LogP) is 2.51. The van der Waals surface area contributed by atoms with Crippen LogP contribution in [-0.4, -0.2) is 42.2 Å². The Balaban J connectivity index is 1.51. The van der Waals surface area contributed by atoms with Gasteiger partial charge in [-0.2, -0.15) is 0 Å². The number of piperidine rings is 1. The van der Waals surface area contributed by atoms with Gasteiger partial charge >= 0.3 is 0 Å². The number of nitrogens with zero attached hydrogens (tertiary/aromatic N) is 2. The number of nitrogens with one attached hydrogen (secondary N) is 1. The van der Waals surface area contributed by atoms with Gasteiger partial charge < -0.3 is 15.0 Å². The number of aryl methyl sites for hydroxylation is 1. The first-order valence-electron chi connectivity index (χ1n) is 8.25. The molecule has 4 nitrogen and oxygen atoms in total. The molecule has 1 saturated heterocycles. The van der Waals surface area contributed by atoms with E-state index >= 15 is 0 Å². The first-order chi connectivity index (χ1) is 10.2. The van der Waals surface area contributed by atoms with Crippen LogP contribution in [0, 0.1) is 6.92 Å². The van der Waals surface area contributed by atoms with Gasteiger partial charge in [0.05, 0.1) is 0 Å². The molecule has 1 N–H and O–H groups in total. The van der Waals surface area contributed by atoms with Crippen LogP contribution in [0.3, 0.4) is 0 Å². The van der Waals surface area contributed by atoms with E-state index in [2.05, 4.69) is 35.2 Å². The molecule has 0 bridgehead atoms. The zero-order chi connectivity index (χ0) is 14.7. The molecule has 116 valence electrons. The summed E-state index contributed by atoms with van der Waals surface area (Å²) >= 11 is 0. The van der Waals surface area contributed by atoms with Gasteiger partial charge in [-0.1, -0.05) is 12.5 Å². The lowest BCUT2D eigenvalue weighted by atomic mass is 10.0. The number of hydrogen-bond donors (Lipinski definition) is 1. The minimum absolute atomic E-state index is 0.539. The van der Waals surface area contributed by atoms with Crippen molar-refractivity contribution in [2.75, 3.05) is 20.2 Å². The van der Waals surface area contributed by atoms with Gasteiger partial charge in [-0.05, 0) is 51.8 Å². The monoisotopic (exact) mass is 289 g/mol. The number of rotatable bonds is 6. The number of likely N-dealkylation sites (N-methyl/N-ethyl adjacent to an activating group) is 1. The van der Waals surface area contributed by atoms with Crippen LogP contribution in [0.4, 0.5) is 0 Å². The summed E-state index contributed by atoms with van der Waals surface area (Å²) in [6.45, 7) is 4.94. The van der Waals surface area contributed by atoms with Crippen molar-refractivity contribution in [3.63, 3.8) is 0 Å². The van der Waals surface area contributed by atoms with Gasteiger partial charge in [0.25, 0.3) is 0 Å². The third-order valence-electron chi connectivity index (χ3n) is 4.67. The van der Waals surface area contributed by atoms with Gasteiger partial charge in [-0.15, -0.1) is 0 Å². The maximum atomic E-state index is 5.92. The molecular formula is C17H27N3O. The standard InChI is InChI=1S/C17H27N3O/c1-13-14(11-18-15-7-8-15)6-9-17(19-13)21-12-16-5-3-4-10-20(16)2/h6,9,15-16,18H,3-5,7-8,10-12H2,1-2H3. The average molecular weight is 289 g/mol. The Morgan fingerprint density at radius 2 is 2.14 bits per heavy atom. The fraction of sp³-hybridized carbons (Fsp3) is 0.706. The molecule has 1 aliphatic carbocycles. The molecule has 0 spiro atoms. The Kier molecular flexibility index (Phi) is 4.76. The van der Waals surface area contributed by atoms with Crippen molar-refractivity contribution in [2.45, 2.75) is 57.7 Å². The summed E-state index contributed by atoms with van der Waals surface area (Å²) in [5.41, 5.74) is 2.36. The zero-order valence-electron chi connectivity index (χ0n) is 13.3. The van der Waals surface area contributed by atoms with E-state index in [0.29, 0.717) is 6.04 Å². The van der Waals surface area contributed by atoms with E-state index < -0.39 is 0 Å². The van der Waals surface area contributed by atoms with Crippen LogP contribution in [-0.2, 0) is 6.54 Å². The molecule has 2 aliphatic rings. The lowest BCUT2D eigenvalue weighted by Crippen LogP contribution is -2.40. The maximum Gasteiger partial charge on any atom is 0.213 e. The molecule has 1 aromatic rings. The summed E-state index contributed by atoms with van der Waals surface area (Å²) in [7, 11) is 2.19. The van der Waals surface area contributed by atoms with Crippen LogP contribution in [0.1, 0.15) is 43.4 Å². The van der Waals surface area contributed by atoms with E-state index in [9.17, 15) is 0 Å². The van der Waals surface area contributed by atoms with Crippen LogP contribution in [0.2, 0.25) is 0 Å². The largest absolute Gasteiger partial charge is 0.476 e. The molecule has 0 aromatic carbocycles. The molecule has 1 aliphatic heterocycles. The Hall–Kier alpha value is -1.13. The molecular weight excluding hydrogens is 262 g/mol. The van der Waals surface area contributed by atoms with Gasteiger partial charge in [-0.3, -0.25) is 0 Å². The van der Waals surface area contributed by atoms with E-state index in [0.717, 1.165) is 30.8 Å². The fourth-order valence-electron chi connectivity index (χ4n) is 2.91. The van der Waals surface area contributed by atoms with Crippen molar-refractivity contribution in [1.82, 2.24) is 15.2 Å². The molecule has 0 radical (unpaired) electrons. The number of ether oxygens (including phenoxy) is 1. The van der Waals surface area contributed by atoms with Crippen molar-refractivity contribution in [1.29, 1.82) is 0 Å². The Morgan fingerprint density at radius 3 is 2.86 bits per heavy atom. The first-order valence-corrected chi connectivity index (χ1v) is 8.25. The summed E-state index contributed by atoms with van der Waals surface area (Å²) in [5.74, 6) is 0.765. The summed E-state index contributed by atoms with van der Waals surface area (Å²) in [6.07, 6.45) is 6.51.